The monoisotopic (exact) mass is 301 g/mol. The van der Waals surface area contributed by atoms with Gasteiger partial charge < -0.3 is 10.6 Å². The van der Waals surface area contributed by atoms with Crippen LogP contribution in [0.2, 0.25) is 0 Å². The number of urea groups is 1. The average Bonchev–Trinajstić information content (AvgIpc) is 3.16. The highest BCUT2D eigenvalue weighted by Gasteiger charge is 2.52. The molecule has 1 spiro atoms. The Bertz CT molecular complexity index is 733. The summed E-state index contributed by atoms with van der Waals surface area (Å²) in [6.45, 7) is 1.64. The van der Waals surface area contributed by atoms with Crippen molar-refractivity contribution in [1.29, 1.82) is 0 Å². The molecule has 5 nitrogen and oxygen atoms in total. The Hall–Kier alpha value is -1.92. The summed E-state index contributed by atoms with van der Waals surface area (Å²) >= 11 is 1.64. The van der Waals surface area contributed by atoms with Crippen molar-refractivity contribution in [1.82, 2.24) is 15.5 Å². The van der Waals surface area contributed by atoms with Gasteiger partial charge in [0.2, 0.25) is 0 Å². The molecule has 2 N–H and O–H groups in total. The van der Waals surface area contributed by atoms with Crippen LogP contribution in [0.1, 0.15) is 12.0 Å². The van der Waals surface area contributed by atoms with Crippen LogP contribution in [0.4, 0.5) is 4.79 Å². The Morgan fingerprint density at radius 1 is 1.29 bits per heavy atom. The Morgan fingerprint density at radius 2 is 2.14 bits per heavy atom. The SMILES string of the molecule is O=C1NC2(CCNC2)C(=O)N1Cc1csc2ccccc12. The van der Waals surface area contributed by atoms with Gasteiger partial charge in [-0.15, -0.1) is 11.3 Å². The van der Waals surface area contributed by atoms with Crippen molar-refractivity contribution in [3.8, 4) is 0 Å². The molecule has 0 aliphatic carbocycles. The van der Waals surface area contributed by atoms with Gasteiger partial charge in [-0.25, -0.2) is 4.79 Å². The van der Waals surface area contributed by atoms with E-state index < -0.39 is 5.54 Å². The Kier molecular flexibility index (Phi) is 2.77. The maximum Gasteiger partial charge on any atom is 0.325 e. The van der Waals surface area contributed by atoms with E-state index in [1.807, 2.05) is 23.6 Å². The predicted molar refractivity (Wildman–Crippen MR) is 81.1 cm³/mol. The number of thiophene rings is 1. The molecule has 108 valence electrons. The molecule has 2 fully saturated rings. The molecule has 2 aromatic rings. The third kappa shape index (κ3) is 1.86. The largest absolute Gasteiger partial charge is 0.325 e. The number of carbonyl (C=O) groups excluding carboxylic acids is 2. The van der Waals surface area contributed by atoms with Crippen molar-refractivity contribution >= 4 is 33.4 Å². The van der Waals surface area contributed by atoms with Crippen LogP contribution in [0, 0.1) is 0 Å². The van der Waals surface area contributed by atoms with E-state index in [9.17, 15) is 9.59 Å². The van der Waals surface area contributed by atoms with E-state index >= 15 is 0 Å². The molecule has 1 aromatic heterocycles. The molecule has 3 heterocycles. The van der Waals surface area contributed by atoms with Crippen molar-refractivity contribution in [2.75, 3.05) is 13.1 Å². The summed E-state index contributed by atoms with van der Waals surface area (Å²) < 4.78 is 1.18. The van der Waals surface area contributed by atoms with E-state index in [1.165, 1.54) is 9.60 Å². The first kappa shape index (κ1) is 12.8. The van der Waals surface area contributed by atoms with Gasteiger partial charge in [-0.2, -0.15) is 0 Å². The molecular weight excluding hydrogens is 286 g/mol. The second-order valence-electron chi connectivity index (χ2n) is 5.59. The fourth-order valence-corrected chi connectivity index (χ4v) is 4.08. The highest BCUT2D eigenvalue weighted by molar-refractivity contribution is 7.17. The van der Waals surface area contributed by atoms with Crippen molar-refractivity contribution in [3.05, 3.63) is 35.2 Å². The number of amides is 3. The van der Waals surface area contributed by atoms with Gasteiger partial charge in [0.05, 0.1) is 6.54 Å². The number of nitrogens with one attached hydrogen (secondary N) is 2. The van der Waals surface area contributed by atoms with Crippen LogP contribution >= 0.6 is 11.3 Å². The Morgan fingerprint density at radius 3 is 2.95 bits per heavy atom. The first-order valence-electron chi connectivity index (χ1n) is 7.00. The van der Waals surface area contributed by atoms with E-state index in [4.69, 9.17) is 0 Å². The lowest BCUT2D eigenvalue weighted by Crippen LogP contribution is -2.48. The highest BCUT2D eigenvalue weighted by atomic mass is 32.1. The second-order valence-corrected chi connectivity index (χ2v) is 6.50. The van der Waals surface area contributed by atoms with Crippen molar-refractivity contribution in [2.24, 2.45) is 0 Å². The maximum absolute atomic E-state index is 12.6. The third-order valence-electron chi connectivity index (χ3n) is 4.29. The van der Waals surface area contributed by atoms with E-state index in [0.29, 0.717) is 19.5 Å². The van der Waals surface area contributed by atoms with Crippen LogP contribution in [0.25, 0.3) is 10.1 Å². The standard InChI is InChI=1S/C15H15N3O2S/c19-13-15(5-6-16-9-15)17-14(20)18(13)7-10-8-21-12-4-2-1-3-11(10)12/h1-4,8,16H,5-7,9H2,(H,17,20). The molecule has 0 radical (unpaired) electrons. The maximum atomic E-state index is 12.6. The number of hydrogen-bond donors (Lipinski definition) is 2. The molecule has 2 saturated heterocycles. The van der Waals surface area contributed by atoms with Gasteiger partial charge in [0.15, 0.2) is 0 Å². The van der Waals surface area contributed by atoms with Crippen molar-refractivity contribution in [3.63, 3.8) is 0 Å². The fraction of sp³-hybridized carbons (Fsp3) is 0.333. The summed E-state index contributed by atoms with van der Waals surface area (Å²) in [5, 5.41) is 9.17. The van der Waals surface area contributed by atoms with Gasteiger partial charge >= 0.3 is 6.03 Å². The lowest BCUT2D eigenvalue weighted by Gasteiger charge is -2.19. The van der Waals surface area contributed by atoms with Crippen molar-refractivity contribution in [2.45, 2.75) is 18.5 Å². The van der Waals surface area contributed by atoms with E-state index in [0.717, 1.165) is 17.5 Å². The smallest absolute Gasteiger partial charge is 0.322 e. The van der Waals surface area contributed by atoms with E-state index in [2.05, 4.69) is 16.7 Å². The molecule has 1 atom stereocenters. The van der Waals surface area contributed by atoms with Gasteiger partial charge in [0.25, 0.3) is 5.91 Å². The molecule has 0 bridgehead atoms. The zero-order chi connectivity index (χ0) is 14.4. The number of fused-ring (bicyclic) bond motifs is 1. The minimum absolute atomic E-state index is 0.104. The number of benzene rings is 1. The number of hydrogen-bond acceptors (Lipinski definition) is 4. The van der Waals surface area contributed by atoms with Crippen LogP contribution in [0.15, 0.2) is 29.6 Å². The Balaban J connectivity index is 1.65. The van der Waals surface area contributed by atoms with Crippen LogP contribution < -0.4 is 10.6 Å². The average molecular weight is 301 g/mol. The minimum atomic E-state index is -0.719. The topological polar surface area (TPSA) is 61.4 Å². The highest BCUT2D eigenvalue weighted by Crippen LogP contribution is 2.30. The number of carbonyl (C=O) groups is 2. The molecule has 0 saturated carbocycles. The van der Waals surface area contributed by atoms with Crippen molar-refractivity contribution < 1.29 is 9.59 Å². The molecule has 6 heteroatoms. The quantitative estimate of drug-likeness (QED) is 0.830. The lowest BCUT2D eigenvalue weighted by molar-refractivity contribution is -0.131. The predicted octanol–water partition coefficient (Wildman–Crippen LogP) is 1.69. The summed E-state index contributed by atoms with van der Waals surface area (Å²) in [4.78, 5) is 26.1. The van der Waals surface area contributed by atoms with Crippen LogP contribution in [-0.2, 0) is 11.3 Å². The number of rotatable bonds is 2. The summed E-state index contributed by atoms with van der Waals surface area (Å²) in [7, 11) is 0. The number of nitrogens with zero attached hydrogens (tertiary/aromatic N) is 1. The third-order valence-corrected chi connectivity index (χ3v) is 5.30. The summed E-state index contributed by atoms with van der Waals surface area (Å²) in [6, 6.07) is 7.78. The van der Waals surface area contributed by atoms with E-state index in [-0.39, 0.29) is 11.9 Å². The molecule has 3 amide bonds. The Labute approximate surface area is 125 Å². The summed E-state index contributed by atoms with van der Waals surface area (Å²) in [5.74, 6) is -0.104. The van der Waals surface area contributed by atoms with Crippen LogP contribution in [0.5, 0.6) is 0 Å². The first-order chi connectivity index (χ1) is 10.2. The van der Waals surface area contributed by atoms with Gasteiger partial charge in [0.1, 0.15) is 5.54 Å². The van der Waals surface area contributed by atoms with E-state index in [1.54, 1.807) is 11.3 Å². The molecule has 2 aliphatic heterocycles. The fourth-order valence-electron chi connectivity index (χ4n) is 3.13. The molecule has 21 heavy (non-hydrogen) atoms. The molecule has 1 aromatic carbocycles. The summed E-state index contributed by atoms with van der Waals surface area (Å²) in [5.41, 5.74) is 0.310. The van der Waals surface area contributed by atoms with Gasteiger partial charge in [-0.1, -0.05) is 18.2 Å². The van der Waals surface area contributed by atoms with Crippen LogP contribution in [0.3, 0.4) is 0 Å². The van der Waals surface area contributed by atoms with Gasteiger partial charge in [0, 0.05) is 11.2 Å². The molecule has 4 rings (SSSR count). The normalized spacial score (nSPS) is 25.2. The van der Waals surface area contributed by atoms with Gasteiger partial charge in [-0.3, -0.25) is 9.69 Å². The first-order valence-corrected chi connectivity index (χ1v) is 7.87. The minimum Gasteiger partial charge on any atom is -0.322 e. The van der Waals surface area contributed by atoms with Gasteiger partial charge in [-0.05, 0) is 35.4 Å². The zero-order valence-electron chi connectivity index (χ0n) is 11.4. The van der Waals surface area contributed by atoms with Crippen LogP contribution in [-0.4, -0.2) is 35.5 Å². The molecule has 1 unspecified atom stereocenters. The second kappa shape index (κ2) is 4.54. The lowest BCUT2D eigenvalue weighted by atomic mass is 9.99. The molecular formula is C15H15N3O2S. The summed E-state index contributed by atoms with van der Waals surface area (Å²) in [6.07, 6.45) is 0.665. The number of imide groups is 1. The zero-order valence-corrected chi connectivity index (χ0v) is 12.2. The molecule has 2 aliphatic rings.